The van der Waals surface area contributed by atoms with Gasteiger partial charge in [-0.25, -0.2) is 0 Å². The van der Waals surface area contributed by atoms with E-state index in [1.54, 1.807) is 48.6 Å². The zero-order chi connectivity index (χ0) is 18.1. The van der Waals surface area contributed by atoms with Crippen LogP contribution in [0.5, 0.6) is 11.5 Å². The van der Waals surface area contributed by atoms with Gasteiger partial charge in [0.1, 0.15) is 24.7 Å². The average Bonchev–Trinajstić information content (AvgIpc) is 2.64. The summed E-state index contributed by atoms with van der Waals surface area (Å²) in [6.07, 6.45) is 6.54. The first-order chi connectivity index (χ1) is 12.1. The number of carbonyl (C=O) groups excluding carboxylic acids is 1. The maximum absolute atomic E-state index is 12.2. The van der Waals surface area contributed by atoms with Gasteiger partial charge in [-0.2, -0.15) is 0 Å². The van der Waals surface area contributed by atoms with Crippen molar-refractivity contribution in [2.45, 2.75) is 0 Å². The molecule has 0 fully saturated rings. The molecule has 0 heterocycles. The number of ether oxygens (including phenoxy) is 2. The molecule has 0 bridgehead atoms. The predicted molar refractivity (Wildman–Crippen MR) is 103 cm³/mol. The largest absolute Gasteiger partial charge is 0.489 e. The summed E-state index contributed by atoms with van der Waals surface area (Å²) in [5, 5.41) is 0.593. The molecule has 0 N–H and O–H groups in total. The summed E-state index contributed by atoms with van der Waals surface area (Å²) in [5.74, 6) is 1.17. The van der Waals surface area contributed by atoms with Crippen molar-refractivity contribution in [3.63, 3.8) is 0 Å². The van der Waals surface area contributed by atoms with Crippen LogP contribution in [0.15, 0.2) is 73.9 Å². The highest BCUT2D eigenvalue weighted by molar-refractivity contribution is 6.30. The Morgan fingerprint density at radius 2 is 1.68 bits per heavy atom. The van der Waals surface area contributed by atoms with Crippen LogP contribution in [-0.4, -0.2) is 19.0 Å². The fourth-order valence-corrected chi connectivity index (χ4v) is 2.17. The van der Waals surface area contributed by atoms with Gasteiger partial charge in [0.05, 0.1) is 0 Å². The van der Waals surface area contributed by atoms with Crippen molar-refractivity contribution >= 4 is 23.5 Å². The number of allylic oxidation sites excluding steroid dienone is 1. The third kappa shape index (κ3) is 5.66. The quantitative estimate of drug-likeness (QED) is 0.345. The molecule has 128 valence electrons. The second-order valence-corrected chi connectivity index (χ2v) is 5.54. The first kappa shape index (κ1) is 18.6. The van der Waals surface area contributed by atoms with Crippen LogP contribution in [0.2, 0.25) is 5.02 Å². The Bertz CT molecular complexity index is 776. The Hall–Kier alpha value is -2.78. The lowest BCUT2D eigenvalue weighted by Gasteiger charge is -2.10. The van der Waals surface area contributed by atoms with E-state index in [-0.39, 0.29) is 5.78 Å². The molecule has 2 aromatic rings. The Morgan fingerprint density at radius 1 is 1.00 bits per heavy atom. The maximum Gasteiger partial charge on any atom is 0.185 e. The van der Waals surface area contributed by atoms with Crippen molar-refractivity contribution < 1.29 is 14.3 Å². The molecule has 25 heavy (non-hydrogen) atoms. The number of hydrogen-bond acceptors (Lipinski definition) is 3. The molecule has 0 saturated carbocycles. The second kappa shape index (κ2) is 9.50. The van der Waals surface area contributed by atoms with E-state index in [4.69, 9.17) is 21.1 Å². The molecule has 0 spiro atoms. The van der Waals surface area contributed by atoms with Gasteiger partial charge in [-0.05, 0) is 48.6 Å². The van der Waals surface area contributed by atoms with E-state index in [0.29, 0.717) is 35.3 Å². The number of hydrogen-bond donors (Lipinski definition) is 0. The lowest BCUT2D eigenvalue weighted by molar-refractivity contribution is 0.104. The van der Waals surface area contributed by atoms with Crippen LogP contribution in [0.1, 0.15) is 15.9 Å². The van der Waals surface area contributed by atoms with Crippen molar-refractivity contribution in [2.75, 3.05) is 13.2 Å². The van der Waals surface area contributed by atoms with Crippen LogP contribution < -0.4 is 9.47 Å². The molecular weight excluding hydrogens is 336 g/mol. The highest BCUT2D eigenvalue weighted by Crippen LogP contribution is 2.26. The number of carbonyl (C=O) groups is 1. The lowest BCUT2D eigenvalue weighted by atomic mass is 10.1. The molecule has 4 heteroatoms. The van der Waals surface area contributed by atoms with Gasteiger partial charge < -0.3 is 9.47 Å². The summed E-state index contributed by atoms with van der Waals surface area (Å²) in [6.45, 7) is 8.03. The standard InChI is InChI=1S/C21H19ClO3/c1-3-13-24-19-11-7-17(21(15-19)25-14-4-2)8-12-20(23)16-5-9-18(22)10-6-16/h3-12,15H,1-2,13-14H2/b12-8+. The summed E-state index contributed by atoms with van der Waals surface area (Å²) in [5.41, 5.74) is 1.34. The van der Waals surface area contributed by atoms with Crippen LogP contribution in [0.25, 0.3) is 6.08 Å². The molecule has 0 radical (unpaired) electrons. The van der Waals surface area contributed by atoms with Gasteiger partial charge in [-0.3, -0.25) is 4.79 Å². The minimum Gasteiger partial charge on any atom is -0.489 e. The van der Waals surface area contributed by atoms with Crippen molar-refractivity contribution in [3.05, 3.63) is 90.0 Å². The summed E-state index contributed by atoms with van der Waals surface area (Å²) in [7, 11) is 0. The lowest BCUT2D eigenvalue weighted by Crippen LogP contribution is -1.98. The zero-order valence-corrected chi connectivity index (χ0v) is 14.5. The van der Waals surface area contributed by atoms with Crippen molar-refractivity contribution in [3.8, 4) is 11.5 Å². The zero-order valence-electron chi connectivity index (χ0n) is 13.8. The molecule has 0 saturated heterocycles. The average molecular weight is 355 g/mol. The molecular formula is C21H19ClO3. The fourth-order valence-electron chi connectivity index (χ4n) is 2.05. The maximum atomic E-state index is 12.2. The van der Waals surface area contributed by atoms with Crippen LogP contribution in [0.4, 0.5) is 0 Å². The van der Waals surface area contributed by atoms with E-state index < -0.39 is 0 Å². The molecule has 2 aromatic carbocycles. The third-order valence-electron chi connectivity index (χ3n) is 3.25. The summed E-state index contributed by atoms with van der Waals surface area (Å²) in [4.78, 5) is 12.2. The van der Waals surface area contributed by atoms with Crippen LogP contribution >= 0.6 is 11.6 Å². The van der Waals surface area contributed by atoms with Gasteiger partial charge in [-0.1, -0.05) is 36.9 Å². The van der Waals surface area contributed by atoms with Gasteiger partial charge >= 0.3 is 0 Å². The molecule has 0 aliphatic heterocycles. The Kier molecular flexibility index (Phi) is 7.05. The van der Waals surface area contributed by atoms with E-state index in [0.717, 1.165) is 5.56 Å². The summed E-state index contributed by atoms with van der Waals surface area (Å²) >= 11 is 5.84. The molecule has 3 nitrogen and oxygen atoms in total. The van der Waals surface area contributed by atoms with E-state index in [1.165, 1.54) is 6.08 Å². The van der Waals surface area contributed by atoms with Gasteiger partial charge in [0.25, 0.3) is 0 Å². The summed E-state index contributed by atoms with van der Waals surface area (Å²) < 4.78 is 11.2. The minimum absolute atomic E-state index is 0.113. The van der Waals surface area contributed by atoms with E-state index >= 15 is 0 Å². The first-order valence-corrected chi connectivity index (χ1v) is 8.11. The Labute approximate surface area is 152 Å². The number of rotatable bonds is 9. The number of benzene rings is 2. The fraction of sp³-hybridized carbons (Fsp3) is 0.0952. The highest BCUT2D eigenvalue weighted by atomic mass is 35.5. The Morgan fingerprint density at radius 3 is 2.36 bits per heavy atom. The molecule has 0 aliphatic rings. The minimum atomic E-state index is -0.113. The number of ketones is 1. The monoisotopic (exact) mass is 354 g/mol. The van der Waals surface area contributed by atoms with Crippen LogP contribution in [0, 0.1) is 0 Å². The normalized spacial score (nSPS) is 10.4. The molecule has 0 atom stereocenters. The highest BCUT2D eigenvalue weighted by Gasteiger charge is 2.06. The SMILES string of the molecule is C=CCOc1ccc(/C=C/C(=O)c2ccc(Cl)cc2)c(OCC=C)c1. The summed E-state index contributed by atoms with van der Waals surface area (Å²) in [6, 6.07) is 12.2. The van der Waals surface area contributed by atoms with E-state index in [9.17, 15) is 4.79 Å². The van der Waals surface area contributed by atoms with Crippen molar-refractivity contribution in [1.29, 1.82) is 0 Å². The van der Waals surface area contributed by atoms with Gasteiger partial charge in [0.2, 0.25) is 0 Å². The third-order valence-corrected chi connectivity index (χ3v) is 3.50. The van der Waals surface area contributed by atoms with Crippen molar-refractivity contribution in [2.24, 2.45) is 0 Å². The molecule has 0 amide bonds. The van der Waals surface area contributed by atoms with E-state index in [1.807, 2.05) is 12.1 Å². The Balaban J connectivity index is 2.20. The van der Waals surface area contributed by atoms with Crippen LogP contribution in [-0.2, 0) is 0 Å². The van der Waals surface area contributed by atoms with Gasteiger partial charge in [0, 0.05) is 22.2 Å². The first-order valence-electron chi connectivity index (χ1n) is 7.73. The molecule has 0 aromatic heterocycles. The smallest absolute Gasteiger partial charge is 0.185 e. The molecule has 2 rings (SSSR count). The molecule has 0 aliphatic carbocycles. The van der Waals surface area contributed by atoms with Gasteiger partial charge in [-0.15, -0.1) is 0 Å². The predicted octanol–water partition coefficient (Wildman–Crippen LogP) is 5.37. The van der Waals surface area contributed by atoms with E-state index in [2.05, 4.69) is 13.2 Å². The topological polar surface area (TPSA) is 35.5 Å². The van der Waals surface area contributed by atoms with Gasteiger partial charge in [0.15, 0.2) is 5.78 Å². The second-order valence-electron chi connectivity index (χ2n) is 5.10. The van der Waals surface area contributed by atoms with Crippen LogP contribution in [0.3, 0.4) is 0 Å². The van der Waals surface area contributed by atoms with Crippen molar-refractivity contribution in [1.82, 2.24) is 0 Å². The number of halogens is 1. The molecule has 0 unspecified atom stereocenters.